The molecule has 0 aromatic rings. The van der Waals surface area contributed by atoms with Gasteiger partial charge in [-0.05, 0) is 38.8 Å². The van der Waals surface area contributed by atoms with Crippen LogP contribution in [0.5, 0.6) is 0 Å². The van der Waals surface area contributed by atoms with Gasteiger partial charge in [0, 0.05) is 19.6 Å². The van der Waals surface area contributed by atoms with Crippen molar-refractivity contribution in [2.75, 3.05) is 26.7 Å². The summed E-state index contributed by atoms with van der Waals surface area (Å²) in [6.07, 6.45) is 8.23. The van der Waals surface area contributed by atoms with E-state index < -0.39 is 5.41 Å². The van der Waals surface area contributed by atoms with Crippen molar-refractivity contribution in [1.29, 1.82) is 5.26 Å². The number of hydrogen-bond donors (Lipinski definition) is 0. The van der Waals surface area contributed by atoms with Crippen LogP contribution in [0.3, 0.4) is 0 Å². The summed E-state index contributed by atoms with van der Waals surface area (Å²) in [6, 6.07) is 2.86. The zero-order valence-corrected chi connectivity index (χ0v) is 13.6. The van der Waals surface area contributed by atoms with Crippen molar-refractivity contribution >= 4 is 5.91 Å². The lowest BCUT2D eigenvalue weighted by Crippen LogP contribution is -2.46. The molecule has 1 aliphatic heterocycles. The maximum absolute atomic E-state index is 12.9. The van der Waals surface area contributed by atoms with Gasteiger partial charge in [0.1, 0.15) is 5.41 Å². The van der Waals surface area contributed by atoms with Gasteiger partial charge in [0.15, 0.2) is 0 Å². The molecular weight excluding hydrogens is 262 g/mol. The SMILES string of the molecule is CCN1CCCC1CN(C)C(=O)C1(C#N)CCCCCC1. The van der Waals surface area contributed by atoms with E-state index in [4.69, 9.17) is 0 Å². The topological polar surface area (TPSA) is 47.3 Å². The summed E-state index contributed by atoms with van der Waals surface area (Å²) in [7, 11) is 1.89. The van der Waals surface area contributed by atoms with E-state index in [1.165, 1.54) is 12.8 Å². The standard InChI is InChI=1S/C17H29N3O/c1-3-20-12-8-9-15(20)13-19(2)16(21)17(14-18)10-6-4-5-7-11-17/h15H,3-13H2,1-2H3. The molecule has 1 amide bonds. The zero-order chi connectivity index (χ0) is 15.3. The number of rotatable bonds is 4. The molecule has 2 rings (SSSR count). The summed E-state index contributed by atoms with van der Waals surface area (Å²) < 4.78 is 0. The third-order valence-electron chi connectivity index (χ3n) is 5.32. The highest BCUT2D eigenvalue weighted by Crippen LogP contribution is 2.36. The molecule has 0 spiro atoms. The molecule has 1 saturated heterocycles. The molecule has 0 aromatic heterocycles. The highest BCUT2D eigenvalue weighted by atomic mass is 16.2. The number of likely N-dealkylation sites (N-methyl/N-ethyl adjacent to an activating group) is 2. The molecule has 4 nitrogen and oxygen atoms in total. The largest absolute Gasteiger partial charge is 0.343 e. The van der Waals surface area contributed by atoms with E-state index in [9.17, 15) is 10.1 Å². The molecule has 2 fully saturated rings. The van der Waals surface area contributed by atoms with E-state index >= 15 is 0 Å². The minimum Gasteiger partial charge on any atom is -0.343 e. The molecule has 21 heavy (non-hydrogen) atoms. The lowest BCUT2D eigenvalue weighted by molar-refractivity contribution is -0.139. The monoisotopic (exact) mass is 291 g/mol. The maximum Gasteiger partial charge on any atom is 0.242 e. The van der Waals surface area contributed by atoms with Gasteiger partial charge >= 0.3 is 0 Å². The van der Waals surface area contributed by atoms with Crippen LogP contribution in [0.4, 0.5) is 0 Å². The highest BCUT2D eigenvalue weighted by molar-refractivity contribution is 5.85. The molecule has 0 bridgehead atoms. The Bertz CT molecular complexity index is 393. The first-order valence-corrected chi connectivity index (χ1v) is 8.54. The van der Waals surface area contributed by atoms with Gasteiger partial charge in [-0.2, -0.15) is 5.26 Å². The second-order valence-corrected chi connectivity index (χ2v) is 6.72. The van der Waals surface area contributed by atoms with Gasteiger partial charge in [-0.15, -0.1) is 0 Å². The lowest BCUT2D eigenvalue weighted by atomic mass is 9.80. The first-order valence-electron chi connectivity index (χ1n) is 8.54. The molecule has 0 radical (unpaired) electrons. The van der Waals surface area contributed by atoms with Crippen molar-refractivity contribution in [1.82, 2.24) is 9.80 Å². The fraction of sp³-hybridized carbons (Fsp3) is 0.882. The van der Waals surface area contributed by atoms with E-state index in [2.05, 4.69) is 17.9 Å². The van der Waals surface area contributed by atoms with Gasteiger partial charge in [-0.25, -0.2) is 0 Å². The molecule has 1 unspecified atom stereocenters. The second-order valence-electron chi connectivity index (χ2n) is 6.72. The number of carbonyl (C=O) groups is 1. The Hall–Kier alpha value is -1.08. The van der Waals surface area contributed by atoms with E-state index in [1.54, 1.807) is 0 Å². The quantitative estimate of drug-likeness (QED) is 0.748. The fourth-order valence-corrected chi connectivity index (χ4v) is 3.99. The van der Waals surface area contributed by atoms with Crippen LogP contribution in [-0.4, -0.2) is 48.4 Å². The summed E-state index contributed by atoms with van der Waals surface area (Å²) in [6.45, 7) is 5.15. The van der Waals surface area contributed by atoms with E-state index in [-0.39, 0.29) is 5.91 Å². The zero-order valence-electron chi connectivity index (χ0n) is 13.6. The predicted octanol–water partition coefficient (Wildman–Crippen LogP) is 2.79. The Morgan fingerprint density at radius 2 is 1.95 bits per heavy atom. The summed E-state index contributed by atoms with van der Waals surface area (Å²) in [5.74, 6) is 0.0647. The van der Waals surface area contributed by atoms with Gasteiger partial charge < -0.3 is 4.90 Å². The van der Waals surface area contributed by atoms with Gasteiger partial charge in [0.25, 0.3) is 0 Å². The van der Waals surface area contributed by atoms with E-state index in [0.29, 0.717) is 6.04 Å². The van der Waals surface area contributed by atoms with Crippen molar-refractivity contribution in [3.63, 3.8) is 0 Å². The lowest BCUT2D eigenvalue weighted by Gasteiger charge is -2.33. The molecule has 1 aliphatic carbocycles. The molecule has 1 atom stereocenters. The number of nitriles is 1. The highest BCUT2D eigenvalue weighted by Gasteiger charge is 2.41. The van der Waals surface area contributed by atoms with Gasteiger partial charge in [0.05, 0.1) is 6.07 Å². The van der Waals surface area contributed by atoms with Crippen LogP contribution < -0.4 is 0 Å². The predicted molar refractivity (Wildman–Crippen MR) is 83.7 cm³/mol. The van der Waals surface area contributed by atoms with Crippen molar-refractivity contribution in [2.24, 2.45) is 5.41 Å². The van der Waals surface area contributed by atoms with Crippen LogP contribution in [0.1, 0.15) is 58.3 Å². The number of likely N-dealkylation sites (tertiary alicyclic amines) is 1. The molecule has 4 heteroatoms. The van der Waals surface area contributed by atoms with Crippen LogP contribution in [-0.2, 0) is 4.79 Å². The summed E-state index contributed by atoms with van der Waals surface area (Å²) in [4.78, 5) is 17.2. The fourth-order valence-electron chi connectivity index (χ4n) is 3.99. The Kier molecular flexibility index (Phi) is 5.64. The van der Waals surface area contributed by atoms with Crippen molar-refractivity contribution in [2.45, 2.75) is 64.3 Å². The van der Waals surface area contributed by atoms with E-state index in [0.717, 1.165) is 58.2 Å². The van der Waals surface area contributed by atoms with Gasteiger partial charge in [-0.3, -0.25) is 9.69 Å². The van der Waals surface area contributed by atoms with Crippen LogP contribution in [0.25, 0.3) is 0 Å². The van der Waals surface area contributed by atoms with Crippen molar-refractivity contribution in [3.05, 3.63) is 0 Å². The molecule has 0 N–H and O–H groups in total. The third kappa shape index (κ3) is 3.58. The number of carbonyl (C=O) groups excluding carboxylic acids is 1. The second kappa shape index (κ2) is 7.26. The Labute approximate surface area is 129 Å². The summed E-state index contributed by atoms with van der Waals surface area (Å²) in [5, 5.41) is 9.64. The van der Waals surface area contributed by atoms with Gasteiger partial charge in [0.2, 0.25) is 5.91 Å². The molecule has 0 aromatic carbocycles. The molecule has 118 valence electrons. The Morgan fingerprint density at radius 1 is 1.29 bits per heavy atom. The minimum atomic E-state index is -0.749. The first-order chi connectivity index (χ1) is 10.1. The minimum absolute atomic E-state index is 0.0647. The summed E-state index contributed by atoms with van der Waals surface area (Å²) in [5.41, 5.74) is -0.749. The van der Waals surface area contributed by atoms with E-state index in [1.807, 2.05) is 11.9 Å². The van der Waals surface area contributed by atoms with Crippen molar-refractivity contribution in [3.8, 4) is 6.07 Å². The molecular formula is C17H29N3O. The smallest absolute Gasteiger partial charge is 0.242 e. The molecule has 1 heterocycles. The van der Waals surface area contributed by atoms with Crippen LogP contribution in [0, 0.1) is 16.7 Å². The molecule has 2 aliphatic rings. The summed E-state index contributed by atoms with van der Waals surface area (Å²) >= 11 is 0. The normalized spacial score (nSPS) is 26.0. The maximum atomic E-state index is 12.9. The first kappa shape index (κ1) is 16.3. The molecule has 1 saturated carbocycles. The van der Waals surface area contributed by atoms with Crippen LogP contribution in [0.2, 0.25) is 0 Å². The van der Waals surface area contributed by atoms with Crippen LogP contribution in [0.15, 0.2) is 0 Å². The average Bonchev–Trinajstić information content (AvgIpc) is 2.80. The number of nitrogens with zero attached hydrogens (tertiary/aromatic N) is 3. The average molecular weight is 291 g/mol. The Balaban J connectivity index is 2.01. The van der Waals surface area contributed by atoms with Gasteiger partial charge in [-0.1, -0.05) is 32.6 Å². The third-order valence-corrected chi connectivity index (χ3v) is 5.32. The van der Waals surface area contributed by atoms with Crippen LogP contribution >= 0.6 is 0 Å². The van der Waals surface area contributed by atoms with Crippen molar-refractivity contribution < 1.29 is 4.79 Å². The number of hydrogen-bond acceptors (Lipinski definition) is 3. The Morgan fingerprint density at radius 3 is 2.52 bits per heavy atom. The number of amides is 1.